The van der Waals surface area contributed by atoms with Gasteiger partial charge in [0.25, 0.3) is 0 Å². The predicted octanol–water partition coefficient (Wildman–Crippen LogP) is 4.55. The summed E-state index contributed by atoms with van der Waals surface area (Å²) in [4.78, 5) is 11.0. The van der Waals surface area contributed by atoms with Gasteiger partial charge in [-0.2, -0.15) is 5.10 Å². The van der Waals surface area contributed by atoms with Crippen LogP contribution >= 0.6 is 23.2 Å². The van der Waals surface area contributed by atoms with Gasteiger partial charge in [0, 0.05) is 41.8 Å². The molecule has 0 bridgehead atoms. The maximum atomic E-state index is 5.87. The summed E-state index contributed by atoms with van der Waals surface area (Å²) in [6.45, 7) is 9.16. The molecule has 0 saturated heterocycles. The third-order valence-electron chi connectivity index (χ3n) is 4.03. The molecule has 1 aromatic carbocycles. The number of nitrogens with one attached hydrogen (secondary N) is 1. The number of aryl methyl sites for hydroxylation is 2. The predicted molar refractivity (Wildman–Crippen MR) is 117 cm³/mol. The average Bonchev–Trinajstić information content (AvgIpc) is 2.65. The number of rotatable bonds is 10. The Balaban J connectivity index is 2.09. The number of hydrazone groups is 1. The standard InChI is InChI=1S/C20H25Cl2N5/c1-4-5-19-15(2)24-16(3)25-20(19)26-23-14-17-6-8-18(9-7-17)27(12-10-21)13-11-22/h4,6-9,14H,1,5,10-13H2,2-3H3,(H,24,25,26). The lowest BCUT2D eigenvalue weighted by molar-refractivity contribution is 0.874. The van der Waals surface area contributed by atoms with E-state index in [1.54, 1.807) is 6.21 Å². The number of aromatic nitrogens is 2. The largest absolute Gasteiger partial charge is 0.369 e. The van der Waals surface area contributed by atoms with E-state index in [9.17, 15) is 0 Å². The lowest BCUT2D eigenvalue weighted by Gasteiger charge is -2.22. The second kappa shape index (κ2) is 10.9. The van der Waals surface area contributed by atoms with Crippen LogP contribution in [0.2, 0.25) is 0 Å². The van der Waals surface area contributed by atoms with E-state index in [2.05, 4.69) is 32.0 Å². The van der Waals surface area contributed by atoms with Crippen molar-refractivity contribution in [1.82, 2.24) is 9.97 Å². The van der Waals surface area contributed by atoms with E-state index >= 15 is 0 Å². The van der Waals surface area contributed by atoms with Crippen LogP contribution in [-0.2, 0) is 6.42 Å². The molecule has 0 spiro atoms. The molecule has 0 amide bonds. The minimum Gasteiger partial charge on any atom is -0.369 e. The van der Waals surface area contributed by atoms with Crippen LogP contribution in [0.15, 0.2) is 42.0 Å². The molecule has 0 fully saturated rings. The molecular formula is C20H25Cl2N5. The topological polar surface area (TPSA) is 53.4 Å². The van der Waals surface area contributed by atoms with E-state index in [0.29, 0.717) is 29.8 Å². The lowest BCUT2D eigenvalue weighted by atomic mass is 10.1. The highest BCUT2D eigenvalue weighted by Gasteiger charge is 2.08. The monoisotopic (exact) mass is 405 g/mol. The van der Waals surface area contributed by atoms with Crippen molar-refractivity contribution in [3.05, 3.63) is 59.6 Å². The van der Waals surface area contributed by atoms with E-state index in [-0.39, 0.29) is 0 Å². The van der Waals surface area contributed by atoms with E-state index in [0.717, 1.165) is 35.6 Å². The Morgan fingerprint density at radius 3 is 2.37 bits per heavy atom. The fraction of sp³-hybridized carbons (Fsp3) is 0.350. The van der Waals surface area contributed by atoms with Crippen molar-refractivity contribution in [3.63, 3.8) is 0 Å². The first-order valence-corrected chi connectivity index (χ1v) is 9.87. The highest BCUT2D eigenvalue weighted by Crippen LogP contribution is 2.18. The zero-order chi connectivity index (χ0) is 19.6. The highest BCUT2D eigenvalue weighted by molar-refractivity contribution is 6.18. The first-order chi connectivity index (χ1) is 13.1. The fourth-order valence-electron chi connectivity index (χ4n) is 2.73. The summed E-state index contributed by atoms with van der Waals surface area (Å²) in [6, 6.07) is 8.11. The van der Waals surface area contributed by atoms with Crippen molar-refractivity contribution in [3.8, 4) is 0 Å². The molecule has 144 valence electrons. The maximum Gasteiger partial charge on any atom is 0.153 e. The summed E-state index contributed by atoms with van der Waals surface area (Å²) >= 11 is 11.7. The quantitative estimate of drug-likeness (QED) is 0.272. The van der Waals surface area contributed by atoms with Gasteiger partial charge in [0.1, 0.15) is 5.82 Å². The number of benzene rings is 1. The number of halogens is 2. The van der Waals surface area contributed by atoms with Gasteiger partial charge in [-0.25, -0.2) is 9.97 Å². The summed E-state index contributed by atoms with van der Waals surface area (Å²) in [5.41, 5.74) is 7.04. The third-order valence-corrected chi connectivity index (χ3v) is 4.36. The molecule has 0 aliphatic rings. The molecule has 0 atom stereocenters. The SMILES string of the molecule is C=CCc1c(C)nc(C)nc1NN=Cc1ccc(N(CCCl)CCCl)cc1. The molecule has 5 nitrogen and oxygen atoms in total. The van der Waals surface area contributed by atoms with Crippen molar-refractivity contribution in [1.29, 1.82) is 0 Å². The molecule has 2 aromatic rings. The first kappa shape index (κ1) is 21.2. The van der Waals surface area contributed by atoms with E-state index in [1.807, 2.05) is 44.2 Å². The molecule has 0 saturated carbocycles. The zero-order valence-electron chi connectivity index (χ0n) is 15.8. The zero-order valence-corrected chi connectivity index (χ0v) is 17.3. The van der Waals surface area contributed by atoms with Gasteiger partial charge >= 0.3 is 0 Å². The van der Waals surface area contributed by atoms with Gasteiger partial charge in [0.2, 0.25) is 0 Å². The summed E-state index contributed by atoms with van der Waals surface area (Å²) in [6.07, 6.45) is 4.29. The van der Waals surface area contributed by atoms with Gasteiger partial charge in [-0.1, -0.05) is 18.2 Å². The van der Waals surface area contributed by atoms with Crippen LogP contribution in [0.5, 0.6) is 0 Å². The minimum atomic E-state index is 0.564. The number of alkyl halides is 2. The van der Waals surface area contributed by atoms with Crippen molar-refractivity contribution in [2.75, 3.05) is 35.2 Å². The fourth-order valence-corrected chi connectivity index (χ4v) is 3.14. The van der Waals surface area contributed by atoms with Crippen molar-refractivity contribution in [2.24, 2.45) is 5.10 Å². The highest BCUT2D eigenvalue weighted by atomic mass is 35.5. The Morgan fingerprint density at radius 1 is 1.11 bits per heavy atom. The van der Waals surface area contributed by atoms with Gasteiger partial charge in [-0.05, 0) is 38.0 Å². The number of hydrogen-bond acceptors (Lipinski definition) is 5. The molecule has 1 aromatic heterocycles. The maximum absolute atomic E-state index is 5.87. The van der Waals surface area contributed by atoms with Crippen LogP contribution in [0.1, 0.15) is 22.6 Å². The van der Waals surface area contributed by atoms with Crippen LogP contribution in [0, 0.1) is 13.8 Å². The first-order valence-electron chi connectivity index (χ1n) is 8.80. The van der Waals surface area contributed by atoms with Crippen molar-refractivity contribution >= 4 is 40.9 Å². The van der Waals surface area contributed by atoms with Gasteiger partial charge in [-0.15, -0.1) is 29.8 Å². The number of hydrogen-bond donors (Lipinski definition) is 1. The van der Waals surface area contributed by atoms with Gasteiger partial charge in [0.05, 0.1) is 6.21 Å². The summed E-state index contributed by atoms with van der Waals surface area (Å²) in [7, 11) is 0. The van der Waals surface area contributed by atoms with E-state index in [4.69, 9.17) is 23.2 Å². The van der Waals surface area contributed by atoms with Crippen molar-refractivity contribution in [2.45, 2.75) is 20.3 Å². The molecule has 0 unspecified atom stereocenters. The second-order valence-corrected chi connectivity index (χ2v) is 6.76. The van der Waals surface area contributed by atoms with Gasteiger partial charge in [-0.3, -0.25) is 5.43 Å². The molecule has 1 N–H and O–H groups in total. The molecular weight excluding hydrogens is 381 g/mol. The lowest BCUT2D eigenvalue weighted by Crippen LogP contribution is -2.27. The Morgan fingerprint density at radius 2 is 1.78 bits per heavy atom. The Labute approximate surface area is 171 Å². The summed E-state index contributed by atoms with van der Waals surface area (Å²) in [5.74, 6) is 2.55. The third kappa shape index (κ3) is 6.22. The molecule has 1 heterocycles. The smallest absolute Gasteiger partial charge is 0.153 e. The average molecular weight is 406 g/mol. The van der Waals surface area contributed by atoms with Crippen LogP contribution in [0.3, 0.4) is 0 Å². The summed E-state index contributed by atoms with van der Waals surface area (Å²) < 4.78 is 0. The van der Waals surface area contributed by atoms with E-state index < -0.39 is 0 Å². The molecule has 0 radical (unpaired) electrons. The van der Waals surface area contributed by atoms with Gasteiger partial charge in [0.15, 0.2) is 5.82 Å². The minimum absolute atomic E-state index is 0.564. The molecule has 27 heavy (non-hydrogen) atoms. The molecule has 0 aliphatic heterocycles. The van der Waals surface area contributed by atoms with E-state index in [1.165, 1.54) is 0 Å². The Bertz CT molecular complexity index is 769. The van der Waals surface area contributed by atoms with Crippen molar-refractivity contribution < 1.29 is 0 Å². The van der Waals surface area contributed by atoms with Crippen LogP contribution in [0.4, 0.5) is 11.5 Å². The summed E-state index contributed by atoms with van der Waals surface area (Å²) in [5, 5.41) is 4.33. The number of anilines is 2. The second-order valence-electron chi connectivity index (χ2n) is 6.00. The Kier molecular flexibility index (Phi) is 8.55. The Hall–Kier alpha value is -2.11. The molecule has 0 aliphatic carbocycles. The molecule has 7 heteroatoms. The van der Waals surface area contributed by atoms with Crippen LogP contribution < -0.4 is 10.3 Å². The molecule has 2 rings (SSSR count). The normalized spacial score (nSPS) is 11.0. The van der Waals surface area contributed by atoms with Crippen LogP contribution in [-0.4, -0.2) is 41.0 Å². The number of nitrogens with zero attached hydrogens (tertiary/aromatic N) is 4. The van der Waals surface area contributed by atoms with Crippen LogP contribution in [0.25, 0.3) is 0 Å². The van der Waals surface area contributed by atoms with Gasteiger partial charge < -0.3 is 4.90 Å². The number of allylic oxidation sites excluding steroid dienone is 1.